The summed E-state index contributed by atoms with van der Waals surface area (Å²) < 4.78 is 27.0. The minimum atomic E-state index is -3.29. The maximum atomic E-state index is 12.9. The lowest BCUT2D eigenvalue weighted by Crippen LogP contribution is -2.52. The highest BCUT2D eigenvalue weighted by Crippen LogP contribution is 2.31. The number of aromatic nitrogens is 2. The zero-order chi connectivity index (χ0) is 21.5. The van der Waals surface area contributed by atoms with Gasteiger partial charge in [0.15, 0.2) is 0 Å². The van der Waals surface area contributed by atoms with Gasteiger partial charge >= 0.3 is 5.69 Å². The van der Waals surface area contributed by atoms with Crippen LogP contribution in [0.15, 0.2) is 40.1 Å². The molecule has 1 aliphatic heterocycles. The number of nitrogens with one attached hydrogen (secondary N) is 1. The molecule has 0 spiro atoms. The number of piperazine rings is 1. The molecule has 9 nitrogen and oxygen atoms in total. The van der Waals surface area contributed by atoms with E-state index < -0.39 is 27.2 Å². The summed E-state index contributed by atoms with van der Waals surface area (Å²) in [5, 5.41) is 0.115. The summed E-state index contributed by atoms with van der Waals surface area (Å²) >= 11 is 6.12. The summed E-state index contributed by atoms with van der Waals surface area (Å²) in [7, 11) is -3.29. The van der Waals surface area contributed by atoms with E-state index >= 15 is 0 Å². The molecular weight excluding hydrogens is 432 g/mol. The third kappa shape index (κ3) is 3.94. The summed E-state index contributed by atoms with van der Waals surface area (Å²) in [5.74, 6) is -0.535. The molecule has 1 aromatic carbocycles. The maximum absolute atomic E-state index is 12.9. The maximum Gasteiger partial charge on any atom is 0.328 e. The molecule has 0 radical (unpaired) electrons. The summed E-state index contributed by atoms with van der Waals surface area (Å²) in [6, 6.07) is 6.83. The molecule has 2 aliphatic rings. The number of rotatable bonds is 5. The third-order valence-corrected chi connectivity index (χ3v) is 8.18. The Balaban J connectivity index is 1.53. The summed E-state index contributed by atoms with van der Waals surface area (Å²) in [6.45, 7) is 0.702. The molecule has 1 saturated carbocycles. The smallest absolute Gasteiger partial charge is 0.328 e. The second-order valence-electron chi connectivity index (χ2n) is 7.43. The van der Waals surface area contributed by atoms with Gasteiger partial charge in [-0.05, 0) is 24.5 Å². The van der Waals surface area contributed by atoms with Crippen molar-refractivity contribution in [1.29, 1.82) is 0 Å². The zero-order valence-electron chi connectivity index (χ0n) is 16.1. The van der Waals surface area contributed by atoms with Gasteiger partial charge in [-0.25, -0.2) is 13.2 Å². The van der Waals surface area contributed by atoms with Crippen LogP contribution in [0.4, 0.5) is 0 Å². The first-order valence-electron chi connectivity index (χ1n) is 9.63. The topological polar surface area (TPSA) is 113 Å². The standard InChI is InChI=1S/C19H21ClN4O5S/c20-16-4-2-1-3-13(16)12-24-18(26)15(11-21-19(24)27)17(25)22-7-9-23(10-8-22)30(28,29)14-5-6-14/h1-4,11,14H,5-10,12H2,(H,21,27). The van der Waals surface area contributed by atoms with Gasteiger partial charge in [0, 0.05) is 37.4 Å². The predicted molar refractivity (Wildman–Crippen MR) is 111 cm³/mol. The lowest BCUT2D eigenvalue weighted by molar-refractivity contribution is 0.0694. The highest BCUT2D eigenvalue weighted by molar-refractivity contribution is 7.90. The Hall–Kier alpha value is -2.43. The van der Waals surface area contributed by atoms with Crippen molar-refractivity contribution in [2.45, 2.75) is 24.6 Å². The Bertz CT molecular complexity index is 1190. The Morgan fingerprint density at radius 2 is 1.77 bits per heavy atom. The van der Waals surface area contributed by atoms with Crippen LogP contribution < -0.4 is 11.2 Å². The van der Waals surface area contributed by atoms with Crippen molar-refractivity contribution in [2.75, 3.05) is 26.2 Å². The highest BCUT2D eigenvalue weighted by atomic mass is 35.5. The number of hydrogen-bond donors (Lipinski definition) is 1. The SMILES string of the molecule is O=C(c1c[nH]c(=O)n(Cc2ccccc2Cl)c1=O)N1CCN(S(=O)(=O)C2CC2)CC1. The lowest BCUT2D eigenvalue weighted by atomic mass is 10.2. The van der Waals surface area contributed by atoms with Crippen LogP contribution in [0.5, 0.6) is 0 Å². The molecule has 1 aromatic heterocycles. The molecule has 11 heteroatoms. The second-order valence-corrected chi connectivity index (χ2v) is 10.0. The van der Waals surface area contributed by atoms with Gasteiger partial charge in [0.1, 0.15) is 5.56 Å². The molecule has 4 rings (SSSR count). The normalized spacial score (nSPS) is 17.8. The van der Waals surface area contributed by atoms with E-state index in [1.165, 1.54) is 9.21 Å². The van der Waals surface area contributed by atoms with Gasteiger partial charge < -0.3 is 9.88 Å². The lowest BCUT2D eigenvalue weighted by Gasteiger charge is -2.34. The molecule has 2 fully saturated rings. The average Bonchev–Trinajstić information content (AvgIpc) is 3.58. The van der Waals surface area contributed by atoms with Crippen molar-refractivity contribution < 1.29 is 13.2 Å². The number of hydrogen-bond acceptors (Lipinski definition) is 5. The molecule has 1 N–H and O–H groups in total. The minimum absolute atomic E-state index is 0.0671. The van der Waals surface area contributed by atoms with Gasteiger partial charge in [-0.15, -0.1) is 0 Å². The number of aromatic amines is 1. The van der Waals surface area contributed by atoms with E-state index in [2.05, 4.69) is 4.98 Å². The Kier molecular flexibility index (Phi) is 5.56. The van der Waals surface area contributed by atoms with Crippen LogP contribution >= 0.6 is 11.6 Å². The Morgan fingerprint density at radius 3 is 2.40 bits per heavy atom. The number of carbonyl (C=O) groups excluding carboxylic acids is 1. The molecule has 30 heavy (non-hydrogen) atoms. The van der Waals surface area contributed by atoms with Crippen LogP contribution in [-0.4, -0.2) is 64.5 Å². The quantitative estimate of drug-likeness (QED) is 0.709. The van der Waals surface area contributed by atoms with Gasteiger partial charge in [-0.3, -0.25) is 14.2 Å². The fraction of sp³-hybridized carbons (Fsp3) is 0.421. The molecule has 160 valence electrons. The van der Waals surface area contributed by atoms with Crippen molar-refractivity contribution in [3.63, 3.8) is 0 Å². The number of carbonyl (C=O) groups is 1. The van der Waals surface area contributed by atoms with E-state index in [1.54, 1.807) is 24.3 Å². The van der Waals surface area contributed by atoms with Gasteiger partial charge in [-0.1, -0.05) is 29.8 Å². The number of nitrogens with zero attached hydrogens (tertiary/aromatic N) is 3. The zero-order valence-corrected chi connectivity index (χ0v) is 17.7. The average molecular weight is 453 g/mol. The van der Waals surface area contributed by atoms with Crippen molar-refractivity contribution in [1.82, 2.24) is 18.8 Å². The Morgan fingerprint density at radius 1 is 1.10 bits per heavy atom. The van der Waals surface area contributed by atoms with Gasteiger partial charge in [-0.2, -0.15) is 4.31 Å². The van der Waals surface area contributed by atoms with Crippen molar-refractivity contribution in [3.05, 3.63) is 67.4 Å². The molecule has 2 aromatic rings. The third-order valence-electron chi connectivity index (χ3n) is 5.41. The monoisotopic (exact) mass is 452 g/mol. The van der Waals surface area contributed by atoms with E-state index in [4.69, 9.17) is 11.6 Å². The van der Waals surface area contributed by atoms with Crippen LogP contribution in [0.25, 0.3) is 0 Å². The number of benzene rings is 1. The largest absolute Gasteiger partial charge is 0.336 e. The molecule has 1 amide bonds. The first kappa shape index (κ1) is 20.8. The summed E-state index contributed by atoms with van der Waals surface area (Å²) in [5.41, 5.74) is -0.941. The van der Waals surface area contributed by atoms with Crippen LogP contribution in [0, 0.1) is 0 Å². The van der Waals surface area contributed by atoms with Crippen LogP contribution in [-0.2, 0) is 16.6 Å². The molecule has 0 atom stereocenters. The summed E-state index contributed by atoms with van der Waals surface area (Å²) in [6.07, 6.45) is 2.48. The minimum Gasteiger partial charge on any atom is -0.336 e. The number of amides is 1. The van der Waals surface area contributed by atoms with Gasteiger partial charge in [0.25, 0.3) is 11.5 Å². The highest BCUT2D eigenvalue weighted by Gasteiger charge is 2.41. The molecule has 1 saturated heterocycles. The number of H-pyrrole nitrogens is 1. The Labute approximate surface area is 177 Å². The van der Waals surface area contributed by atoms with E-state index in [9.17, 15) is 22.8 Å². The van der Waals surface area contributed by atoms with Gasteiger partial charge in [0.05, 0.1) is 11.8 Å². The molecule has 0 unspecified atom stereocenters. The van der Waals surface area contributed by atoms with E-state index in [-0.39, 0.29) is 43.5 Å². The number of halogens is 1. The van der Waals surface area contributed by atoms with E-state index in [1.807, 2.05) is 0 Å². The molecule has 0 bridgehead atoms. The molecule has 1 aliphatic carbocycles. The van der Waals surface area contributed by atoms with E-state index in [0.29, 0.717) is 23.4 Å². The molecular formula is C19H21ClN4O5S. The first-order valence-corrected chi connectivity index (χ1v) is 11.5. The second kappa shape index (κ2) is 8.01. The fourth-order valence-corrected chi connectivity index (χ4v) is 5.52. The van der Waals surface area contributed by atoms with Crippen LogP contribution in [0.1, 0.15) is 28.8 Å². The van der Waals surface area contributed by atoms with Crippen molar-refractivity contribution in [3.8, 4) is 0 Å². The van der Waals surface area contributed by atoms with Crippen molar-refractivity contribution >= 4 is 27.5 Å². The first-order chi connectivity index (χ1) is 14.3. The van der Waals surface area contributed by atoms with Crippen LogP contribution in [0.3, 0.4) is 0 Å². The van der Waals surface area contributed by atoms with E-state index in [0.717, 1.165) is 10.8 Å². The van der Waals surface area contributed by atoms with Crippen LogP contribution in [0.2, 0.25) is 5.02 Å². The predicted octanol–water partition coefficient (Wildman–Crippen LogP) is 0.488. The van der Waals surface area contributed by atoms with Gasteiger partial charge in [0.2, 0.25) is 10.0 Å². The summed E-state index contributed by atoms with van der Waals surface area (Å²) in [4.78, 5) is 41.8. The van der Waals surface area contributed by atoms with Crippen molar-refractivity contribution in [2.24, 2.45) is 0 Å². The molecule has 2 heterocycles. The fourth-order valence-electron chi connectivity index (χ4n) is 3.50. The number of sulfonamides is 1.